The lowest BCUT2D eigenvalue weighted by Crippen LogP contribution is -2.14. The Labute approximate surface area is 138 Å². The van der Waals surface area contributed by atoms with Crippen molar-refractivity contribution in [3.63, 3.8) is 0 Å². The molecule has 2 N–H and O–H groups in total. The highest BCUT2D eigenvalue weighted by atomic mass is 35.5. The van der Waals surface area contributed by atoms with Crippen LogP contribution < -0.4 is 10.6 Å². The molecule has 0 saturated carbocycles. The topological polar surface area (TPSA) is 58.2 Å². The number of amides is 2. The van der Waals surface area contributed by atoms with Crippen LogP contribution in [0.15, 0.2) is 42.5 Å². The summed E-state index contributed by atoms with van der Waals surface area (Å²) in [5, 5.41) is 6.42. The van der Waals surface area contributed by atoms with E-state index in [1.165, 1.54) is 6.92 Å². The molecule has 0 aliphatic rings. The molecule has 6 heteroatoms. The Morgan fingerprint density at radius 3 is 2.09 bits per heavy atom. The number of anilines is 2. The number of nitrogens with one attached hydrogen (secondary N) is 2. The molecule has 0 aliphatic heterocycles. The second-order valence-electron chi connectivity index (χ2n) is 4.72. The van der Waals surface area contributed by atoms with Crippen molar-refractivity contribution in [2.24, 2.45) is 0 Å². The van der Waals surface area contributed by atoms with Crippen molar-refractivity contribution in [1.29, 1.82) is 0 Å². The maximum absolute atomic E-state index is 12.0. The minimum absolute atomic E-state index is 0.144. The Morgan fingerprint density at radius 2 is 1.55 bits per heavy atom. The van der Waals surface area contributed by atoms with E-state index in [9.17, 15) is 9.59 Å². The van der Waals surface area contributed by atoms with Crippen LogP contribution in [0.25, 0.3) is 0 Å². The van der Waals surface area contributed by atoms with Crippen LogP contribution in [-0.2, 0) is 16.0 Å². The third-order valence-electron chi connectivity index (χ3n) is 2.86. The molecular formula is C16H14Cl2N2O2. The predicted molar refractivity (Wildman–Crippen MR) is 89.5 cm³/mol. The molecule has 114 valence electrons. The van der Waals surface area contributed by atoms with E-state index < -0.39 is 0 Å². The van der Waals surface area contributed by atoms with E-state index in [1.54, 1.807) is 42.5 Å². The SMILES string of the molecule is CC(=O)Nc1ccc(NC(=O)Cc2ccc(Cl)cc2Cl)cc1. The van der Waals surface area contributed by atoms with Crippen molar-refractivity contribution in [2.45, 2.75) is 13.3 Å². The fraction of sp³-hybridized carbons (Fsp3) is 0.125. The summed E-state index contributed by atoms with van der Waals surface area (Å²) in [6.45, 7) is 1.44. The van der Waals surface area contributed by atoms with Gasteiger partial charge in [0.25, 0.3) is 0 Å². The first-order valence-corrected chi connectivity index (χ1v) is 7.31. The van der Waals surface area contributed by atoms with Crippen LogP contribution in [-0.4, -0.2) is 11.8 Å². The Hall–Kier alpha value is -2.04. The molecule has 0 unspecified atom stereocenters. The number of hydrogen-bond donors (Lipinski definition) is 2. The largest absolute Gasteiger partial charge is 0.326 e. The van der Waals surface area contributed by atoms with Gasteiger partial charge in [0.15, 0.2) is 0 Å². The van der Waals surface area contributed by atoms with Crippen LogP contribution in [0.5, 0.6) is 0 Å². The number of hydrogen-bond acceptors (Lipinski definition) is 2. The number of carbonyl (C=O) groups is 2. The van der Waals surface area contributed by atoms with Crippen molar-refractivity contribution >= 4 is 46.4 Å². The van der Waals surface area contributed by atoms with Crippen LogP contribution in [0.4, 0.5) is 11.4 Å². The van der Waals surface area contributed by atoms with Crippen molar-refractivity contribution in [1.82, 2.24) is 0 Å². The summed E-state index contributed by atoms with van der Waals surface area (Å²) in [5.74, 6) is -0.328. The molecule has 0 fully saturated rings. The summed E-state index contributed by atoms with van der Waals surface area (Å²) >= 11 is 11.9. The van der Waals surface area contributed by atoms with Crippen molar-refractivity contribution in [3.8, 4) is 0 Å². The summed E-state index contributed by atoms with van der Waals surface area (Å²) in [7, 11) is 0. The molecule has 0 aromatic heterocycles. The zero-order chi connectivity index (χ0) is 16.1. The molecule has 0 saturated heterocycles. The quantitative estimate of drug-likeness (QED) is 0.881. The molecule has 0 aliphatic carbocycles. The Balaban J connectivity index is 1.98. The minimum atomic E-state index is -0.184. The normalized spacial score (nSPS) is 10.1. The van der Waals surface area contributed by atoms with Crippen molar-refractivity contribution in [2.75, 3.05) is 10.6 Å². The number of halogens is 2. The highest BCUT2D eigenvalue weighted by Crippen LogP contribution is 2.22. The van der Waals surface area contributed by atoms with Gasteiger partial charge >= 0.3 is 0 Å². The fourth-order valence-electron chi connectivity index (χ4n) is 1.88. The van der Waals surface area contributed by atoms with Gasteiger partial charge in [-0.2, -0.15) is 0 Å². The lowest BCUT2D eigenvalue weighted by molar-refractivity contribution is -0.116. The molecule has 4 nitrogen and oxygen atoms in total. The summed E-state index contributed by atoms with van der Waals surface area (Å²) in [4.78, 5) is 22.9. The van der Waals surface area contributed by atoms with Crippen molar-refractivity contribution in [3.05, 3.63) is 58.1 Å². The van der Waals surface area contributed by atoms with Crippen LogP contribution in [0.3, 0.4) is 0 Å². The average molecular weight is 337 g/mol. The average Bonchev–Trinajstić information content (AvgIpc) is 2.43. The highest BCUT2D eigenvalue weighted by Gasteiger charge is 2.08. The Bertz CT molecular complexity index is 700. The molecule has 2 aromatic carbocycles. The Kier molecular flexibility index (Phi) is 5.41. The maximum atomic E-state index is 12.0. The van der Waals surface area contributed by atoms with E-state index >= 15 is 0 Å². The van der Waals surface area contributed by atoms with E-state index in [2.05, 4.69) is 10.6 Å². The van der Waals surface area contributed by atoms with Gasteiger partial charge in [-0.1, -0.05) is 29.3 Å². The van der Waals surface area contributed by atoms with Crippen LogP contribution in [0.1, 0.15) is 12.5 Å². The Morgan fingerprint density at radius 1 is 0.955 bits per heavy atom. The molecule has 2 rings (SSSR count). The van der Waals surface area contributed by atoms with Gasteiger partial charge in [-0.05, 0) is 42.0 Å². The summed E-state index contributed by atoms with van der Waals surface area (Å²) < 4.78 is 0. The maximum Gasteiger partial charge on any atom is 0.228 e. The number of rotatable bonds is 4. The van der Waals surface area contributed by atoms with Gasteiger partial charge in [0.2, 0.25) is 11.8 Å². The lowest BCUT2D eigenvalue weighted by atomic mass is 10.1. The van der Waals surface area contributed by atoms with E-state index in [1.807, 2.05) is 0 Å². The van der Waals surface area contributed by atoms with Crippen LogP contribution >= 0.6 is 23.2 Å². The molecule has 0 radical (unpaired) electrons. The monoisotopic (exact) mass is 336 g/mol. The van der Waals surface area contributed by atoms with Gasteiger partial charge < -0.3 is 10.6 Å². The zero-order valence-electron chi connectivity index (χ0n) is 11.8. The summed E-state index contributed by atoms with van der Waals surface area (Å²) in [5.41, 5.74) is 2.02. The second-order valence-corrected chi connectivity index (χ2v) is 5.56. The van der Waals surface area contributed by atoms with Crippen molar-refractivity contribution < 1.29 is 9.59 Å². The van der Waals surface area contributed by atoms with Gasteiger partial charge in [-0.3, -0.25) is 9.59 Å². The molecule has 22 heavy (non-hydrogen) atoms. The fourth-order valence-corrected chi connectivity index (χ4v) is 2.36. The van der Waals surface area contributed by atoms with E-state index in [-0.39, 0.29) is 18.2 Å². The van der Waals surface area contributed by atoms with E-state index in [0.29, 0.717) is 27.0 Å². The van der Waals surface area contributed by atoms with Crippen LogP contribution in [0.2, 0.25) is 10.0 Å². The first kappa shape index (κ1) is 16.3. The third-order valence-corrected chi connectivity index (χ3v) is 3.44. The van der Waals surface area contributed by atoms with Gasteiger partial charge in [-0.15, -0.1) is 0 Å². The third kappa shape index (κ3) is 4.76. The number of benzene rings is 2. The molecule has 0 spiro atoms. The molecule has 0 atom stereocenters. The molecule has 0 bridgehead atoms. The number of carbonyl (C=O) groups excluding carboxylic acids is 2. The van der Waals surface area contributed by atoms with Gasteiger partial charge in [0.05, 0.1) is 6.42 Å². The smallest absolute Gasteiger partial charge is 0.228 e. The summed E-state index contributed by atoms with van der Waals surface area (Å²) in [6, 6.07) is 11.9. The molecule has 2 amide bonds. The zero-order valence-corrected chi connectivity index (χ0v) is 13.3. The van der Waals surface area contributed by atoms with E-state index in [0.717, 1.165) is 0 Å². The van der Waals surface area contributed by atoms with E-state index in [4.69, 9.17) is 23.2 Å². The van der Waals surface area contributed by atoms with Gasteiger partial charge in [0.1, 0.15) is 0 Å². The second kappa shape index (κ2) is 7.29. The first-order chi connectivity index (χ1) is 10.4. The first-order valence-electron chi connectivity index (χ1n) is 6.55. The van der Waals surface area contributed by atoms with Crippen LogP contribution in [0, 0.1) is 0 Å². The highest BCUT2D eigenvalue weighted by molar-refractivity contribution is 6.35. The lowest BCUT2D eigenvalue weighted by Gasteiger charge is -2.08. The predicted octanol–water partition coefficient (Wildman–Crippen LogP) is 4.13. The minimum Gasteiger partial charge on any atom is -0.326 e. The molecule has 0 heterocycles. The standard InChI is InChI=1S/C16H14Cl2N2O2/c1-10(21)19-13-4-6-14(7-5-13)20-16(22)8-11-2-3-12(17)9-15(11)18/h2-7,9H,8H2,1H3,(H,19,21)(H,20,22). The van der Waals surface area contributed by atoms with Gasteiger partial charge in [-0.25, -0.2) is 0 Å². The van der Waals surface area contributed by atoms with Gasteiger partial charge in [0, 0.05) is 28.3 Å². The molecule has 2 aromatic rings. The molecular weight excluding hydrogens is 323 g/mol. The summed E-state index contributed by atoms with van der Waals surface area (Å²) in [6.07, 6.45) is 0.156.